The Hall–Kier alpha value is -0.710. The van der Waals surface area contributed by atoms with Crippen molar-refractivity contribution in [3.8, 4) is 0 Å². The molecule has 106 valence electrons. The molecule has 0 radical (unpaired) electrons. The van der Waals surface area contributed by atoms with Gasteiger partial charge in [0.15, 0.2) is 0 Å². The Morgan fingerprint density at radius 1 is 1.42 bits per heavy atom. The minimum absolute atomic E-state index is 0.226. The fraction of sp³-hybridized carbons (Fsp3) is 0.600. The summed E-state index contributed by atoms with van der Waals surface area (Å²) in [7, 11) is -0.903. The molecule has 0 saturated carbocycles. The highest BCUT2D eigenvalue weighted by atomic mass is 32.2. The van der Waals surface area contributed by atoms with E-state index in [0.717, 1.165) is 24.4 Å². The van der Waals surface area contributed by atoms with Crippen LogP contribution in [0.15, 0.2) is 29.2 Å². The summed E-state index contributed by atoms with van der Waals surface area (Å²) in [4.78, 5) is 3.33. The summed E-state index contributed by atoms with van der Waals surface area (Å²) in [6.07, 6.45) is 4.73. The van der Waals surface area contributed by atoms with E-state index in [9.17, 15) is 9.32 Å². The fourth-order valence-corrected chi connectivity index (χ4v) is 3.30. The first-order chi connectivity index (χ1) is 9.06. The van der Waals surface area contributed by atoms with Crippen LogP contribution in [-0.4, -0.2) is 39.2 Å². The molecule has 0 spiro atoms. The molecule has 1 saturated heterocycles. The number of rotatable bonds is 5. The van der Waals surface area contributed by atoms with Crippen LogP contribution < -0.4 is 0 Å². The third-order valence-corrected chi connectivity index (χ3v) is 4.69. The predicted molar refractivity (Wildman–Crippen MR) is 78.5 cm³/mol. The minimum atomic E-state index is -0.903. The van der Waals surface area contributed by atoms with Crippen LogP contribution >= 0.6 is 0 Å². The zero-order valence-electron chi connectivity index (χ0n) is 11.7. The van der Waals surface area contributed by atoms with E-state index in [4.69, 9.17) is 0 Å². The first-order valence-electron chi connectivity index (χ1n) is 6.90. The second-order valence-corrected chi connectivity index (χ2v) is 6.83. The number of hydrogen-bond acceptors (Lipinski definition) is 3. The largest absolute Gasteiger partial charge is 0.393 e. The smallest absolute Gasteiger partial charge is 0.0527 e. The van der Waals surface area contributed by atoms with Crippen molar-refractivity contribution in [2.24, 2.45) is 0 Å². The van der Waals surface area contributed by atoms with E-state index < -0.39 is 10.8 Å². The third kappa shape index (κ3) is 4.13. The fourth-order valence-electron chi connectivity index (χ4n) is 2.78. The van der Waals surface area contributed by atoms with E-state index in [1.54, 1.807) is 6.26 Å². The lowest BCUT2D eigenvalue weighted by molar-refractivity contribution is 0.131. The van der Waals surface area contributed by atoms with Gasteiger partial charge in [-0.1, -0.05) is 12.1 Å². The number of likely N-dealkylation sites (tertiary alicyclic amines) is 1. The van der Waals surface area contributed by atoms with Gasteiger partial charge in [-0.15, -0.1) is 0 Å². The molecule has 0 aliphatic carbocycles. The van der Waals surface area contributed by atoms with Crippen molar-refractivity contribution in [2.75, 3.05) is 12.8 Å². The van der Waals surface area contributed by atoms with Crippen molar-refractivity contribution in [3.05, 3.63) is 29.8 Å². The van der Waals surface area contributed by atoms with Crippen molar-refractivity contribution in [1.82, 2.24) is 4.90 Å². The lowest BCUT2D eigenvalue weighted by Crippen LogP contribution is -2.31. The highest BCUT2D eigenvalue weighted by Gasteiger charge is 2.25. The minimum Gasteiger partial charge on any atom is -0.393 e. The summed E-state index contributed by atoms with van der Waals surface area (Å²) >= 11 is 0. The zero-order chi connectivity index (χ0) is 13.8. The van der Waals surface area contributed by atoms with E-state index >= 15 is 0 Å². The first kappa shape index (κ1) is 14.7. The topological polar surface area (TPSA) is 40.5 Å². The SMILES string of the molecule is CC(O)CC1CCCN1Cc1ccc(S(C)=O)cc1. The normalized spacial score (nSPS) is 23.4. The molecule has 1 heterocycles. The second-order valence-electron chi connectivity index (χ2n) is 5.45. The van der Waals surface area contributed by atoms with E-state index in [1.807, 2.05) is 19.1 Å². The van der Waals surface area contributed by atoms with Crippen LogP contribution in [0.3, 0.4) is 0 Å². The summed E-state index contributed by atoms with van der Waals surface area (Å²) in [5.74, 6) is 0. The van der Waals surface area contributed by atoms with Gasteiger partial charge in [-0.05, 0) is 50.4 Å². The van der Waals surface area contributed by atoms with E-state index in [2.05, 4.69) is 17.0 Å². The molecular formula is C15H23NO2S. The van der Waals surface area contributed by atoms with Crippen molar-refractivity contribution >= 4 is 10.8 Å². The van der Waals surface area contributed by atoms with Crippen molar-refractivity contribution in [3.63, 3.8) is 0 Å². The molecule has 1 N–H and O–H groups in total. The molecule has 1 aliphatic heterocycles. The van der Waals surface area contributed by atoms with Crippen LogP contribution in [0.5, 0.6) is 0 Å². The van der Waals surface area contributed by atoms with Gasteiger partial charge in [0.1, 0.15) is 0 Å². The number of hydrogen-bond donors (Lipinski definition) is 1. The maximum Gasteiger partial charge on any atom is 0.0527 e. The van der Waals surface area contributed by atoms with E-state index in [1.165, 1.54) is 18.4 Å². The second kappa shape index (κ2) is 6.64. The summed E-state index contributed by atoms with van der Waals surface area (Å²) in [6, 6.07) is 8.53. The molecule has 3 nitrogen and oxygen atoms in total. The number of benzene rings is 1. The molecule has 2 rings (SSSR count). The molecule has 0 bridgehead atoms. The molecule has 19 heavy (non-hydrogen) atoms. The Balaban J connectivity index is 1.98. The molecule has 3 unspecified atom stereocenters. The number of aliphatic hydroxyl groups is 1. The van der Waals surface area contributed by atoms with Gasteiger partial charge in [0, 0.05) is 34.5 Å². The van der Waals surface area contributed by atoms with Crippen LogP contribution in [0.2, 0.25) is 0 Å². The Morgan fingerprint density at radius 2 is 2.11 bits per heavy atom. The molecule has 0 amide bonds. The van der Waals surface area contributed by atoms with Crippen molar-refractivity contribution in [2.45, 2.75) is 49.8 Å². The maximum absolute atomic E-state index is 11.3. The van der Waals surface area contributed by atoms with Gasteiger partial charge in [-0.3, -0.25) is 9.11 Å². The lowest BCUT2D eigenvalue weighted by Gasteiger charge is -2.25. The Kier molecular flexibility index (Phi) is 5.13. The molecule has 1 aliphatic rings. The van der Waals surface area contributed by atoms with Crippen LogP contribution in [-0.2, 0) is 17.3 Å². The Bertz CT molecular complexity index is 430. The molecule has 0 aromatic heterocycles. The van der Waals surface area contributed by atoms with Crippen LogP contribution in [0.25, 0.3) is 0 Å². The van der Waals surface area contributed by atoms with Crippen molar-refractivity contribution < 1.29 is 9.32 Å². The molecule has 1 aromatic rings. The summed E-state index contributed by atoms with van der Waals surface area (Å²) in [6.45, 7) is 3.90. The maximum atomic E-state index is 11.3. The highest BCUT2D eigenvalue weighted by Crippen LogP contribution is 2.23. The lowest BCUT2D eigenvalue weighted by atomic mass is 10.1. The third-order valence-electron chi connectivity index (χ3n) is 3.75. The quantitative estimate of drug-likeness (QED) is 0.899. The summed E-state index contributed by atoms with van der Waals surface area (Å²) in [5.41, 5.74) is 1.26. The average molecular weight is 281 g/mol. The molecule has 4 heteroatoms. The number of aliphatic hydroxyl groups excluding tert-OH is 1. The van der Waals surface area contributed by atoms with Gasteiger partial charge in [0.2, 0.25) is 0 Å². The Labute approximate surface area is 118 Å². The van der Waals surface area contributed by atoms with Gasteiger partial charge in [0.25, 0.3) is 0 Å². The monoisotopic (exact) mass is 281 g/mol. The van der Waals surface area contributed by atoms with E-state index in [0.29, 0.717) is 6.04 Å². The summed E-state index contributed by atoms with van der Waals surface area (Å²) < 4.78 is 11.3. The van der Waals surface area contributed by atoms with Crippen LogP contribution in [0.1, 0.15) is 31.7 Å². The van der Waals surface area contributed by atoms with Gasteiger partial charge >= 0.3 is 0 Å². The number of nitrogens with zero attached hydrogens (tertiary/aromatic N) is 1. The molecule has 1 aromatic carbocycles. The summed E-state index contributed by atoms with van der Waals surface area (Å²) in [5, 5.41) is 9.53. The zero-order valence-corrected chi connectivity index (χ0v) is 12.5. The molecule has 3 atom stereocenters. The first-order valence-corrected chi connectivity index (χ1v) is 8.46. The van der Waals surface area contributed by atoms with Crippen LogP contribution in [0.4, 0.5) is 0 Å². The van der Waals surface area contributed by atoms with Gasteiger partial charge in [-0.2, -0.15) is 0 Å². The van der Waals surface area contributed by atoms with Gasteiger partial charge in [0.05, 0.1) is 6.10 Å². The van der Waals surface area contributed by atoms with Crippen LogP contribution in [0, 0.1) is 0 Å². The van der Waals surface area contributed by atoms with E-state index in [-0.39, 0.29) is 6.10 Å². The highest BCUT2D eigenvalue weighted by molar-refractivity contribution is 7.84. The average Bonchev–Trinajstić information content (AvgIpc) is 2.76. The standard InChI is InChI=1S/C15H23NO2S/c1-12(17)10-14-4-3-9-16(14)11-13-5-7-15(8-6-13)19(2)18/h5-8,12,14,17H,3-4,9-11H2,1-2H3. The molecule has 1 fully saturated rings. The van der Waals surface area contributed by atoms with Gasteiger partial charge < -0.3 is 5.11 Å². The molecular weight excluding hydrogens is 258 g/mol. The van der Waals surface area contributed by atoms with Gasteiger partial charge in [-0.25, -0.2) is 0 Å². The van der Waals surface area contributed by atoms with Crippen molar-refractivity contribution in [1.29, 1.82) is 0 Å². The Morgan fingerprint density at radius 3 is 2.68 bits per heavy atom. The predicted octanol–water partition coefficient (Wildman–Crippen LogP) is 2.16.